The average molecular weight is 184 g/mol. The Balaban J connectivity index is 2.42. The minimum Gasteiger partial charge on any atom is -0.472 e. The highest BCUT2D eigenvalue weighted by atomic mass is 16.5. The van der Waals surface area contributed by atoms with Crippen molar-refractivity contribution in [3.8, 4) is 0 Å². The van der Waals surface area contributed by atoms with Crippen molar-refractivity contribution in [2.45, 2.75) is 25.9 Å². The van der Waals surface area contributed by atoms with Crippen LogP contribution in [0.5, 0.6) is 0 Å². The fraction of sp³-hybridized carbons (Fsp3) is 0.600. The summed E-state index contributed by atoms with van der Waals surface area (Å²) in [5.41, 5.74) is 0.185. The summed E-state index contributed by atoms with van der Waals surface area (Å²) in [4.78, 5) is 0. The van der Waals surface area contributed by atoms with E-state index >= 15 is 0 Å². The first-order chi connectivity index (χ1) is 6.14. The van der Waals surface area contributed by atoms with Crippen LogP contribution in [0.25, 0.3) is 0 Å². The summed E-state index contributed by atoms with van der Waals surface area (Å²) in [6.45, 7) is 4.65. The van der Waals surface area contributed by atoms with Gasteiger partial charge in [0.2, 0.25) is 0 Å². The van der Waals surface area contributed by atoms with E-state index in [1.807, 2.05) is 13.0 Å². The van der Waals surface area contributed by atoms with Crippen LogP contribution in [0.2, 0.25) is 0 Å². The van der Waals surface area contributed by atoms with Gasteiger partial charge in [-0.1, -0.05) is 0 Å². The Hall–Kier alpha value is -0.800. The summed E-state index contributed by atoms with van der Waals surface area (Å²) < 4.78 is 10.1. The standard InChI is InChI=1S/C10H16O3/c1-3-12-8-10(2,11)6-9-4-5-13-7-9/h4-5,7,11H,3,6,8H2,1-2H3. The summed E-state index contributed by atoms with van der Waals surface area (Å²) in [7, 11) is 0. The Kier molecular flexibility index (Phi) is 3.51. The Morgan fingerprint density at radius 2 is 2.38 bits per heavy atom. The zero-order chi connectivity index (χ0) is 9.73. The molecule has 0 saturated heterocycles. The van der Waals surface area contributed by atoms with Crippen LogP contribution in [0.1, 0.15) is 19.4 Å². The van der Waals surface area contributed by atoms with Gasteiger partial charge in [0.1, 0.15) is 0 Å². The van der Waals surface area contributed by atoms with Crippen LogP contribution in [0.15, 0.2) is 23.0 Å². The molecular formula is C10H16O3. The van der Waals surface area contributed by atoms with Crippen LogP contribution >= 0.6 is 0 Å². The molecule has 1 N–H and O–H groups in total. The lowest BCUT2D eigenvalue weighted by atomic mass is 10.00. The van der Waals surface area contributed by atoms with Gasteiger partial charge in [0, 0.05) is 13.0 Å². The van der Waals surface area contributed by atoms with E-state index in [0.717, 1.165) is 5.56 Å². The average Bonchev–Trinajstić information content (AvgIpc) is 2.52. The van der Waals surface area contributed by atoms with Crippen molar-refractivity contribution in [1.29, 1.82) is 0 Å². The van der Waals surface area contributed by atoms with E-state index in [2.05, 4.69) is 0 Å². The first-order valence-corrected chi connectivity index (χ1v) is 4.45. The molecule has 0 bridgehead atoms. The molecular weight excluding hydrogens is 168 g/mol. The van der Waals surface area contributed by atoms with E-state index in [4.69, 9.17) is 9.15 Å². The molecule has 1 aromatic heterocycles. The summed E-state index contributed by atoms with van der Waals surface area (Å²) in [5.74, 6) is 0. The molecule has 0 spiro atoms. The van der Waals surface area contributed by atoms with Gasteiger partial charge >= 0.3 is 0 Å². The molecule has 0 aromatic carbocycles. The quantitative estimate of drug-likeness (QED) is 0.756. The van der Waals surface area contributed by atoms with Crippen molar-refractivity contribution in [3.63, 3.8) is 0 Å². The normalized spacial score (nSPS) is 15.6. The number of rotatable bonds is 5. The largest absolute Gasteiger partial charge is 0.472 e. The van der Waals surface area contributed by atoms with Gasteiger partial charge < -0.3 is 14.3 Å². The lowest BCUT2D eigenvalue weighted by Crippen LogP contribution is -2.33. The highest BCUT2D eigenvalue weighted by Gasteiger charge is 2.21. The van der Waals surface area contributed by atoms with Crippen molar-refractivity contribution in [2.75, 3.05) is 13.2 Å². The van der Waals surface area contributed by atoms with E-state index < -0.39 is 5.60 Å². The molecule has 13 heavy (non-hydrogen) atoms. The van der Waals surface area contributed by atoms with Crippen molar-refractivity contribution >= 4 is 0 Å². The Morgan fingerprint density at radius 3 is 2.92 bits per heavy atom. The summed E-state index contributed by atoms with van der Waals surface area (Å²) in [6, 6.07) is 1.85. The highest BCUT2D eigenvalue weighted by Crippen LogP contribution is 2.13. The molecule has 3 heteroatoms. The number of aliphatic hydroxyl groups is 1. The SMILES string of the molecule is CCOCC(C)(O)Cc1ccoc1. The molecule has 0 saturated carbocycles. The maximum Gasteiger partial charge on any atom is 0.0935 e. The first kappa shape index (κ1) is 10.3. The highest BCUT2D eigenvalue weighted by molar-refractivity contribution is 5.08. The predicted octanol–water partition coefficient (Wildman–Crippen LogP) is 1.61. The molecule has 0 fully saturated rings. The molecule has 0 aliphatic carbocycles. The Labute approximate surface area is 78.3 Å². The summed E-state index contributed by atoms with van der Waals surface area (Å²) in [5, 5.41) is 9.85. The van der Waals surface area contributed by atoms with Gasteiger partial charge in [0.25, 0.3) is 0 Å². The topological polar surface area (TPSA) is 42.6 Å². The minimum absolute atomic E-state index is 0.356. The van der Waals surface area contributed by atoms with Gasteiger partial charge in [-0.3, -0.25) is 0 Å². The molecule has 3 nitrogen and oxygen atoms in total. The third kappa shape index (κ3) is 3.61. The van der Waals surface area contributed by atoms with E-state index in [-0.39, 0.29) is 0 Å². The lowest BCUT2D eigenvalue weighted by molar-refractivity contribution is -0.0297. The molecule has 0 radical (unpaired) electrons. The van der Waals surface area contributed by atoms with Crippen LogP contribution in [0, 0.1) is 0 Å². The maximum absolute atomic E-state index is 9.85. The van der Waals surface area contributed by atoms with Gasteiger partial charge in [-0.05, 0) is 25.5 Å². The van der Waals surface area contributed by atoms with Gasteiger partial charge in [0.15, 0.2) is 0 Å². The molecule has 1 unspecified atom stereocenters. The summed E-state index contributed by atoms with van der Waals surface area (Å²) in [6.07, 6.45) is 3.80. The van der Waals surface area contributed by atoms with E-state index in [0.29, 0.717) is 19.6 Å². The van der Waals surface area contributed by atoms with Crippen molar-refractivity contribution in [2.24, 2.45) is 0 Å². The first-order valence-electron chi connectivity index (χ1n) is 4.45. The Bertz CT molecular complexity index is 226. The Morgan fingerprint density at radius 1 is 1.62 bits per heavy atom. The maximum atomic E-state index is 9.85. The fourth-order valence-corrected chi connectivity index (χ4v) is 1.21. The zero-order valence-electron chi connectivity index (χ0n) is 8.12. The van der Waals surface area contributed by atoms with Crippen LogP contribution in [-0.2, 0) is 11.2 Å². The zero-order valence-corrected chi connectivity index (χ0v) is 8.12. The molecule has 1 heterocycles. The third-order valence-electron chi connectivity index (χ3n) is 1.78. The van der Waals surface area contributed by atoms with Gasteiger partial charge in [0.05, 0.1) is 24.7 Å². The minimum atomic E-state index is -0.806. The third-order valence-corrected chi connectivity index (χ3v) is 1.78. The molecule has 0 aliphatic rings. The molecule has 1 atom stereocenters. The molecule has 1 rings (SSSR count). The number of ether oxygens (including phenoxy) is 1. The van der Waals surface area contributed by atoms with Crippen LogP contribution in [-0.4, -0.2) is 23.9 Å². The van der Waals surface area contributed by atoms with Crippen molar-refractivity contribution in [3.05, 3.63) is 24.2 Å². The second-order valence-corrected chi connectivity index (χ2v) is 3.44. The van der Waals surface area contributed by atoms with E-state index in [1.165, 1.54) is 0 Å². The second kappa shape index (κ2) is 4.44. The van der Waals surface area contributed by atoms with Gasteiger partial charge in [-0.25, -0.2) is 0 Å². The number of hydrogen-bond donors (Lipinski definition) is 1. The number of hydrogen-bond acceptors (Lipinski definition) is 3. The second-order valence-electron chi connectivity index (χ2n) is 3.44. The van der Waals surface area contributed by atoms with Crippen molar-refractivity contribution < 1.29 is 14.3 Å². The molecule has 0 aliphatic heterocycles. The van der Waals surface area contributed by atoms with Gasteiger partial charge in [-0.2, -0.15) is 0 Å². The molecule has 74 valence electrons. The van der Waals surface area contributed by atoms with Gasteiger partial charge in [-0.15, -0.1) is 0 Å². The lowest BCUT2D eigenvalue weighted by Gasteiger charge is -2.21. The molecule has 0 amide bonds. The summed E-state index contributed by atoms with van der Waals surface area (Å²) >= 11 is 0. The number of furan rings is 1. The van der Waals surface area contributed by atoms with Crippen LogP contribution in [0.3, 0.4) is 0 Å². The van der Waals surface area contributed by atoms with Crippen molar-refractivity contribution in [1.82, 2.24) is 0 Å². The van der Waals surface area contributed by atoms with E-state index in [9.17, 15) is 5.11 Å². The van der Waals surface area contributed by atoms with Crippen LogP contribution < -0.4 is 0 Å². The smallest absolute Gasteiger partial charge is 0.0935 e. The molecule has 1 aromatic rings. The fourth-order valence-electron chi connectivity index (χ4n) is 1.21. The predicted molar refractivity (Wildman–Crippen MR) is 49.5 cm³/mol. The monoisotopic (exact) mass is 184 g/mol. The van der Waals surface area contributed by atoms with E-state index in [1.54, 1.807) is 19.5 Å². The van der Waals surface area contributed by atoms with Crippen LogP contribution in [0.4, 0.5) is 0 Å².